The first-order valence-corrected chi connectivity index (χ1v) is 8.30. The highest BCUT2D eigenvalue weighted by atomic mass is 16.5. The number of nitrogens with zero attached hydrogens (tertiary/aromatic N) is 2. The molecule has 0 amide bonds. The van der Waals surface area contributed by atoms with Gasteiger partial charge in [0.1, 0.15) is 17.1 Å². The lowest BCUT2D eigenvalue weighted by atomic mass is 10.1. The molecule has 0 aliphatic carbocycles. The molecule has 0 saturated heterocycles. The molecule has 5 heteroatoms. The van der Waals surface area contributed by atoms with Crippen molar-refractivity contribution in [3.05, 3.63) is 72.1 Å². The Bertz CT molecular complexity index is 1030. The Balaban J connectivity index is 1.66. The van der Waals surface area contributed by atoms with Gasteiger partial charge >= 0.3 is 0 Å². The summed E-state index contributed by atoms with van der Waals surface area (Å²) in [6.07, 6.45) is 0.565. The fourth-order valence-electron chi connectivity index (χ4n) is 3.02. The smallest absolute Gasteiger partial charge is 0.231 e. The van der Waals surface area contributed by atoms with Crippen LogP contribution in [0.3, 0.4) is 0 Å². The van der Waals surface area contributed by atoms with Crippen LogP contribution in [-0.2, 0) is 6.42 Å². The van der Waals surface area contributed by atoms with Gasteiger partial charge in [0.05, 0.1) is 20.6 Å². The molecule has 0 radical (unpaired) electrons. The number of fused-ring (bicyclic) bond motifs is 1. The summed E-state index contributed by atoms with van der Waals surface area (Å²) in [5, 5.41) is 6.52. The first kappa shape index (κ1) is 16.1. The molecule has 1 aromatic heterocycles. The summed E-state index contributed by atoms with van der Waals surface area (Å²) < 4.78 is 16.3. The lowest BCUT2D eigenvalue weighted by Crippen LogP contribution is -1.94. The number of aromatic nitrogens is 2. The second kappa shape index (κ2) is 6.88. The van der Waals surface area contributed by atoms with E-state index in [1.165, 1.54) is 10.8 Å². The molecule has 0 aliphatic rings. The third kappa shape index (κ3) is 2.99. The van der Waals surface area contributed by atoms with Gasteiger partial charge in [0.2, 0.25) is 11.7 Å². The van der Waals surface area contributed by atoms with Crippen molar-refractivity contribution < 1.29 is 14.0 Å². The SMILES string of the molecule is COc1cccc(OC)c1-c1noc(Cc2ccc3ccccc3c2)n1. The van der Waals surface area contributed by atoms with Crippen molar-refractivity contribution in [1.82, 2.24) is 10.1 Å². The second-order valence-electron chi connectivity index (χ2n) is 5.91. The van der Waals surface area contributed by atoms with Crippen LogP contribution < -0.4 is 9.47 Å². The van der Waals surface area contributed by atoms with Crippen LogP contribution in [0, 0.1) is 0 Å². The van der Waals surface area contributed by atoms with Gasteiger partial charge in [-0.1, -0.05) is 53.7 Å². The van der Waals surface area contributed by atoms with Gasteiger partial charge in [0.15, 0.2) is 0 Å². The van der Waals surface area contributed by atoms with E-state index in [9.17, 15) is 0 Å². The number of benzene rings is 3. The van der Waals surface area contributed by atoms with E-state index in [-0.39, 0.29) is 0 Å². The molecular formula is C21H18N2O3. The van der Waals surface area contributed by atoms with Crippen LogP contribution in [0.4, 0.5) is 0 Å². The summed E-state index contributed by atoms with van der Waals surface area (Å²) in [5.74, 6) is 2.28. The first-order chi connectivity index (χ1) is 12.8. The summed E-state index contributed by atoms with van der Waals surface area (Å²) >= 11 is 0. The summed E-state index contributed by atoms with van der Waals surface area (Å²) in [4.78, 5) is 4.54. The van der Waals surface area contributed by atoms with E-state index in [1.807, 2.05) is 30.3 Å². The average molecular weight is 346 g/mol. The minimum atomic E-state index is 0.454. The maximum absolute atomic E-state index is 5.46. The molecule has 5 nitrogen and oxygen atoms in total. The summed E-state index contributed by atoms with van der Waals surface area (Å²) in [5.41, 5.74) is 1.80. The Morgan fingerprint density at radius 1 is 0.846 bits per heavy atom. The Morgan fingerprint density at radius 2 is 1.58 bits per heavy atom. The lowest BCUT2D eigenvalue weighted by Gasteiger charge is -2.09. The van der Waals surface area contributed by atoms with Crippen LogP contribution in [0.2, 0.25) is 0 Å². The van der Waals surface area contributed by atoms with Crippen LogP contribution in [0.25, 0.3) is 22.2 Å². The van der Waals surface area contributed by atoms with E-state index in [0.717, 1.165) is 5.56 Å². The van der Waals surface area contributed by atoms with Crippen molar-refractivity contribution in [2.45, 2.75) is 6.42 Å². The van der Waals surface area contributed by atoms with Crippen LogP contribution in [0.15, 0.2) is 65.2 Å². The normalized spacial score (nSPS) is 10.8. The van der Waals surface area contributed by atoms with Crippen molar-refractivity contribution in [3.63, 3.8) is 0 Å². The van der Waals surface area contributed by atoms with Crippen molar-refractivity contribution in [2.24, 2.45) is 0 Å². The van der Waals surface area contributed by atoms with E-state index in [4.69, 9.17) is 14.0 Å². The molecule has 0 fully saturated rings. The van der Waals surface area contributed by atoms with Crippen LogP contribution in [0.1, 0.15) is 11.5 Å². The monoisotopic (exact) mass is 346 g/mol. The van der Waals surface area contributed by atoms with Crippen molar-refractivity contribution in [2.75, 3.05) is 14.2 Å². The van der Waals surface area contributed by atoms with E-state index in [2.05, 4.69) is 40.5 Å². The Morgan fingerprint density at radius 3 is 2.31 bits per heavy atom. The maximum Gasteiger partial charge on any atom is 0.231 e. The molecule has 4 aromatic rings. The van der Waals surface area contributed by atoms with E-state index in [1.54, 1.807) is 14.2 Å². The molecule has 0 atom stereocenters. The number of ether oxygens (including phenoxy) is 2. The summed E-state index contributed by atoms with van der Waals surface area (Å²) in [7, 11) is 3.21. The van der Waals surface area contributed by atoms with Crippen LogP contribution in [0.5, 0.6) is 11.5 Å². The molecule has 4 rings (SSSR count). The van der Waals surface area contributed by atoms with E-state index < -0.39 is 0 Å². The van der Waals surface area contributed by atoms with Gasteiger partial charge in [-0.25, -0.2) is 0 Å². The molecule has 0 unspecified atom stereocenters. The van der Waals surface area contributed by atoms with Gasteiger partial charge in [0, 0.05) is 0 Å². The van der Waals surface area contributed by atoms with Gasteiger partial charge in [-0.3, -0.25) is 0 Å². The maximum atomic E-state index is 5.46. The zero-order valence-corrected chi connectivity index (χ0v) is 14.6. The van der Waals surface area contributed by atoms with Gasteiger partial charge in [-0.15, -0.1) is 0 Å². The topological polar surface area (TPSA) is 57.4 Å². The van der Waals surface area contributed by atoms with Crippen LogP contribution >= 0.6 is 0 Å². The molecule has 0 N–H and O–H groups in total. The fraction of sp³-hybridized carbons (Fsp3) is 0.143. The Kier molecular flexibility index (Phi) is 4.27. The van der Waals surface area contributed by atoms with Gasteiger partial charge in [-0.2, -0.15) is 4.98 Å². The standard InChI is InChI=1S/C21H18N2O3/c1-24-17-8-5-9-18(25-2)20(17)21-22-19(26-23-21)13-14-10-11-15-6-3-4-7-16(15)12-14/h3-12H,13H2,1-2H3. The quantitative estimate of drug-likeness (QED) is 0.532. The second-order valence-corrected chi connectivity index (χ2v) is 5.91. The highest BCUT2D eigenvalue weighted by Gasteiger charge is 2.18. The lowest BCUT2D eigenvalue weighted by molar-refractivity contribution is 0.381. The first-order valence-electron chi connectivity index (χ1n) is 8.30. The highest BCUT2D eigenvalue weighted by Crippen LogP contribution is 2.36. The van der Waals surface area contributed by atoms with Crippen molar-refractivity contribution >= 4 is 10.8 Å². The van der Waals surface area contributed by atoms with Gasteiger partial charge in [0.25, 0.3) is 0 Å². The zero-order valence-electron chi connectivity index (χ0n) is 14.6. The number of hydrogen-bond donors (Lipinski definition) is 0. The minimum absolute atomic E-state index is 0.454. The minimum Gasteiger partial charge on any atom is -0.496 e. The third-order valence-corrected chi connectivity index (χ3v) is 4.29. The fourth-order valence-corrected chi connectivity index (χ4v) is 3.02. The average Bonchev–Trinajstić information content (AvgIpc) is 3.15. The van der Waals surface area contributed by atoms with E-state index in [0.29, 0.717) is 35.2 Å². The van der Waals surface area contributed by atoms with Gasteiger partial charge < -0.3 is 14.0 Å². The predicted molar refractivity (Wildman–Crippen MR) is 99.6 cm³/mol. The van der Waals surface area contributed by atoms with Crippen LogP contribution in [-0.4, -0.2) is 24.4 Å². The highest BCUT2D eigenvalue weighted by molar-refractivity contribution is 5.83. The molecule has 0 spiro atoms. The molecule has 26 heavy (non-hydrogen) atoms. The molecule has 130 valence electrons. The molecule has 0 saturated carbocycles. The molecular weight excluding hydrogens is 328 g/mol. The zero-order chi connectivity index (χ0) is 17.9. The van der Waals surface area contributed by atoms with E-state index >= 15 is 0 Å². The predicted octanol–water partition coefficient (Wildman–Crippen LogP) is 4.50. The summed E-state index contributed by atoms with van der Waals surface area (Å²) in [6, 6.07) is 20.1. The molecule has 0 bridgehead atoms. The molecule has 3 aromatic carbocycles. The molecule has 1 heterocycles. The molecule has 0 aliphatic heterocycles. The number of methoxy groups -OCH3 is 2. The largest absolute Gasteiger partial charge is 0.496 e. The Hall–Kier alpha value is -3.34. The Labute approximate surface area is 151 Å². The number of hydrogen-bond acceptors (Lipinski definition) is 5. The van der Waals surface area contributed by atoms with Crippen molar-refractivity contribution in [3.8, 4) is 22.9 Å². The number of rotatable bonds is 5. The third-order valence-electron chi connectivity index (χ3n) is 4.29. The summed E-state index contributed by atoms with van der Waals surface area (Å²) in [6.45, 7) is 0. The van der Waals surface area contributed by atoms with Crippen molar-refractivity contribution in [1.29, 1.82) is 0 Å². The van der Waals surface area contributed by atoms with Gasteiger partial charge in [-0.05, 0) is 28.5 Å².